The zero-order valence-corrected chi connectivity index (χ0v) is 7.03. The van der Waals surface area contributed by atoms with Gasteiger partial charge in [0.15, 0.2) is 0 Å². The monoisotopic (exact) mass is 167 g/mol. The van der Waals surface area contributed by atoms with Gasteiger partial charge in [0.1, 0.15) is 0 Å². The molecule has 2 bridgehead atoms. The van der Waals surface area contributed by atoms with Crippen molar-refractivity contribution in [1.82, 2.24) is 0 Å². The maximum absolute atomic E-state index is 9.82. The van der Waals surface area contributed by atoms with Crippen LogP contribution in [0.4, 0.5) is 0 Å². The number of carbonyl (C=O) groups excluding carboxylic acids is 1. The second kappa shape index (κ2) is 3.38. The van der Waals surface area contributed by atoms with Gasteiger partial charge in [0.05, 0.1) is 18.8 Å². The molecule has 0 aliphatic carbocycles. The second-order valence-corrected chi connectivity index (χ2v) is 3.63. The van der Waals surface area contributed by atoms with Crippen LogP contribution in [-0.4, -0.2) is 24.8 Å². The molecule has 0 aromatic carbocycles. The van der Waals surface area contributed by atoms with Crippen LogP contribution in [0.5, 0.6) is 0 Å². The van der Waals surface area contributed by atoms with E-state index in [0.29, 0.717) is 24.7 Å². The Balaban J connectivity index is 1.79. The lowest BCUT2D eigenvalue weighted by molar-refractivity contribution is 0.0916. The van der Waals surface area contributed by atoms with Crippen molar-refractivity contribution in [2.24, 2.45) is 10.9 Å². The highest BCUT2D eigenvalue weighted by atomic mass is 16.5. The van der Waals surface area contributed by atoms with Crippen molar-refractivity contribution >= 4 is 6.08 Å². The quantitative estimate of drug-likeness (QED) is 0.469. The van der Waals surface area contributed by atoms with Gasteiger partial charge in [0.2, 0.25) is 6.08 Å². The molecule has 66 valence electrons. The molecule has 3 heteroatoms. The number of hydrogen-bond donors (Lipinski definition) is 0. The predicted molar refractivity (Wildman–Crippen MR) is 43.6 cm³/mol. The SMILES string of the molecule is O=C=NCCC1CC2CCC1O2. The first-order valence-corrected chi connectivity index (χ1v) is 4.59. The molecule has 0 spiro atoms. The standard InChI is InChI=1S/C9H13NO2/c11-6-10-4-3-7-5-8-1-2-9(7)12-8/h7-9H,1-5H2. The first kappa shape index (κ1) is 7.96. The molecule has 2 aliphatic rings. The Hall–Kier alpha value is -0.660. The van der Waals surface area contributed by atoms with Gasteiger partial charge in [-0.15, -0.1) is 0 Å². The Kier molecular flexibility index (Phi) is 2.24. The number of fused-ring (bicyclic) bond motifs is 2. The van der Waals surface area contributed by atoms with E-state index in [0.717, 1.165) is 6.42 Å². The van der Waals surface area contributed by atoms with Crippen molar-refractivity contribution < 1.29 is 9.53 Å². The average Bonchev–Trinajstić information content (AvgIpc) is 2.65. The van der Waals surface area contributed by atoms with Crippen LogP contribution < -0.4 is 0 Å². The van der Waals surface area contributed by atoms with Crippen molar-refractivity contribution in [1.29, 1.82) is 0 Å². The van der Waals surface area contributed by atoms with Crippen LogP contribution in [0.3, 0.4) is 0 Å². The summed E-state index contributed by atoms with van der Waals surface area (Å²) in [5, 5.41) is 0. The highest BCUT2D eigenvalue weighted by Gasteiger charge is 2.39. The molecule has 3 unspecified atom stereocenters. The molecule has 0 saturated carbocycles. The Labute approximate surface area is 71.8 Å². The lowest BCUT2D eigenvalue weighted by Crippen LogP contribution is -2.16. The summed E-state index contributed by atoms with van der Waals surface area (Å²) < 4.78 is 5.68. The molecular formula is C9H13NO2. The summed E-state index contributed by atoms with van der Waals surface area (Å²) in [6.45, 7) is 0.626. The van der Waals surface area contributed by atoms with E-state index in [2.05, 4.69) is 4.99 Å². The normalized spacial score (nSPS) is 38.2. The predicted octanol–water partition coefficient (Wildman–Crippen LogP) is 1.28. The molecule has 3 nitrogen and oxygen atoms in total. The van der Waals surface area contributed by atoms with Crippen LogP contribution >= 0.6 is 0 Å². The van der Waals surface area contributed by atoms with Gasteiger partial charge >= 0.3 is 0 Å². The molecule has 0 aromatic rings. The van der Waals surface area contributed by atoms with Gasteiger partial charge in [0, 0.05) is 0 Å². The van der Waals surface area contributed by atoms with Crippen LogP contribution in [0.1, 0.15) is 25.7 Å². The number of nitrogens with zero attached hydrogens (tertiary/aromatic N) is 1. The van der Waals surface area contributed by atoms with E-state index < -0.39 is 0 Å². The van der Waals surface area contributed by atoms with Crippen LogP contribution in [0.25, 0.3) is 0 Å². The van der Waals surface area contributed by atoms with Crippen molar-refractivity contribution in [3.8, 4) is 0 Å². The summed E-state index contributed by atoms with van der Waals surface area (Å²) >= 11 is 0. The van der Waals surface area contributed by atoms with Crippen LogP contribution in [-0.2, 0) is 9.53 Å². The van der Waals surface area contributed by atoms with Crippen LogP contribution in [0.15, 0.2) is 4.99 Å². The molecule has 2 heterocycles. The van der Waals surface area contributed by atoms with Gasteiger partial charge in [-0.2, -0.15) is 0 Å². The molecule has 0 N–H and O–H groups in total. The summed E-state index contributed by atoms with van der Waals surface area (Å²) in [6.07, 6.45) is 7.17. The third kappa shape index (κ3) is 1.43. The number of hydrogen-bond acceptors (Lipinski definition) is 3. The smallest absolute Gasteiger partial charge is 0.234 e. The minimum absolute atomic E-state index is 0.469. The summed E-state index contributed by atoms with van der Waals surface area (Å²) in [5.41, 5.74) is 0. The van der Waals surface area contributed by atoms with Gasteiger partial charge in [0.25, 0.3) is 0 Å². The van der Waals surface area contributed by atoms with E-state index in [1.165, 1.54) is 19.3 Å². The van der Waals surface area contributed by atoms with E-state index in [1.54, 1.807) is 6.08 Å². The zero-order chi connectivity index (χ0) is 8.39. The minimum Gasteiger partial charge on any atom is -0.375 e. The van der Waals surface area contributed by atoms with Crippen molar-refractivity contribution in [2.75, 3.05) is 6.54 Å². The fourth-order valence-electron chi connectivity index (χ4n) is 2.32. The van der Waals surface area contributed by atoms with Crippen molar-refractivity contribution in [2.45, 2.75) is 37.9 Å². The van der Waals surface area contributed by atoms with E-state index in [9.17, 15) is 4.79 Å². The zero-order valence-electron chi connectivity index (χ0n) is 7.03. The Bertz CT molecular complexity index is 211. The molecule has 0 aromatic heterocycles. The van der Waals surface area contributed by atoms with Gasteiger partial charge in [-0.1, -0.05) is 0 Å². The molecular weight excluding hydrogens is 154 g/mol. The summed E-state index contributed by atoms with van der Waals surface area (Å²) in [4.78, 5) is 13.4. The van der Waals surface area contributed by atoms with Crippen LogP contribution in [0.2, 0.25) is 0 Å². The molecule has 0 radical (unpaired) electrons. The number of ether oxygens (including phenoxy) is 1. The fraction of sp³-hybridized carbons (Fsp3) is 0.889. The van der Waals surface area contributed by atoms with Crippen molar-refractivity contribution in [3.63, 3.8) is 0 Å². The Morgan fingerprint density at radius 2 is 2.42 bits per heavy atom. The topological polar surface area (TPSA) is 38.7 Å². The average molecular weight is 167 g/mol. The maximum atomic E-state index is 9.82. The highest BCUT2D eigenvalue weighted by Crippen LogP contribution is 2.40. The first-order valence-electron chi connectivity index (χ1n) is 4.59. The van der Waals surface area contributed by atoms with Gasteiger partial charge in [-0.25, -0.2) is 9.79 Å². The minimum atomic E-state index is 0.469. The van der Waals surface area contributed by atoms with E-state index in [1.807, 2.05) is 0 Å². The van der Waals surface area contributed by atoms with Crippen LogP contribution in [0, 0.1) is 5.92 Å². The second-order valence-electron chi connectivity index (χ2n) is 3.63. The van der Waals surface area contributed by atoms with Gasteiger partial charge < -0.3 is 4.74 Å². The number of isocyanates is 1. The summed E-state index contributed by atoms with van der Waals surface area (Å²) in [7, 11) is 0. The van der Waals surface area contributed by atoms with E-state index in [-0.39, 0.29) is 0 Å². The lowest BCUT2D eigenvalue weighted by Gasteiger charge is -2.16. The molecule has 2 rings (SSSR count). The molecule has 2 fully saturated rings. The Morgan fingerprint density at radius 3 is 3.00 bits per heavy atom. The summed E-state index contributed by atoms with van der Waals surface area (Å²) in [6, 6.07) is 0. The number of rotatable bonds is 3. The maximum Gasteiger partial charge on any atom is 0.234 e. The Morgan fingerprint density at radius 1 is 1.50 bits per heavy atom. The van der Waals surface area contributed by atoms with E-state index >= 15 is 0 Å². The first-order chi connectivity index (χ1) is 5.90. The lowest BCUT2D eigenvalue weighted by atomic mass is 9.87. The highest BCUT2D eigenvalue weighted by molar-refractivity contribution is 5.32. The molecule has 2 saturated heterocycles. The molecule has 3 atom stereocenters. The van der Waals surface area contributed by atoms with E-state index in [4.69, 9.17) is 4.74 Å². The third-order valence-corrected chi connectivity index (χ3v) is 2.91. The number of aliphatic imine (C=N–C) groups is 1. The molecule has 12 heavy (non-hydrogen) atoms. The molecule has 0 amide bonds. The van der Waals surface area contributed by atoms with Crippen molar-refractivity contribution in [3.05, 3.63) is 0 Å². The van der Waals surface area contributed by atoms with Gasteiger partial charge in [-0.05, 0) is 31.6 Å². The molecule has 2 aliphatic heterocycles. The van der Waals surface area contributed by atoms with Gasteiger partial charge in [-0.3, -0.25) is 0 Å². The fourth-order valence-corrected chi connectivity index (χ4v) is 2.32. The third-order valence-electron chi connectivity index (χ3n) is 2.91. The largest absolute Gasteiger partial charge is 0.375 e. The summed E-state index contributed by atoms with van der Waals surface area (Å²) in [5.74, 6) is 0.654.